The van der Waals surface area contributed by atoms with Gasteiger partial charge in [-0.2, -0.15) is 0 Å². The molecule has 7 heteroatoms. The topological polar surface area (TPSA) is 63.5 Å². The number of carbonyl (C=O) groups is 1. The molecule has 0 radical (unpaired) electrons. The summed E-state index contributed by atoms with van der Waals surface area (Å²) in [5.74, 6) is -0.258. The normalized spacial score (nSPS) is 10.3. The van der Waals surface area contributed by atoms with Gasteiger partial charge in [0.1, 0.15) is 0 Å². The molecule has 114 valence electrons. The number of hydrogen-bond acceptors (Lipinski definition) is 3. The van der Waals surface area contributed by atoms with E-state index in [0.717, 1.165) is 5.56 Å². The fourth-order valence-corrected chi connectivity index (χ4v) is 2.32. The first kappa shape index (κ1) is 16.3. The standard InChI is InChI=1S/C15H12Cl2N2O3/c1-18(9-11-3-2-4-13(16)14(11)17)15(20)10-5-7-12(8-6-10)19(21)22/h2-8H,9H2,1H3. The van der Waals surface area contributed by atoms with Crippen LogP contribution < -0.4 is 0 Å². The Hall–Kier alpha value is -2.11. The molecule has 2 aromatic rings. The van der Waals surface area contributed by atoms with Crippen LogP contribution in [0.3, 0.4) is 0 Å². The van der Waals surface area contributed by atoms with Gasteiger partial charge >= 0.3 is 0 Å². The van der Waals surface area contributed by atoms with E-state index in [4.69, 9.17) is 23.2 Å². The maximum Gasteiger partial charge on any atom is 0.269 e. The quantitative estimate of drug-likeness (QED) is 0.620. The van der Waals surface area contributed by atoms with Crippen molar-refractivity contribution >= 4 is 34.8 Å². The average Bonchev–Trinajstić information content (AvgIpc) is 2.51. The smallest absolute Gasteiger partial charge is 0.269 e. The lowest BCUT2D eigenvalue weighted by atomic mass is 10.1. The Kier molecular flexibility index (Phi) is 5.00. The zero-order valence-electron chi connectivity index (χ0n) is 11.6. The highest BCUT2D eigenvalue weighted by Gasteiger charge is 2.15. The van der Waals surface area contributed by atoms with Crippen molar-refractivity contribution in [3.63, 3.8) is 0 Å². The Bertz CT molecular complexity index is 717. The van der Waals surface area contributed by atoms with Crippen LogP contribution in [0.1, 0.15) is 15.9 Å². The molecule has 0 unspecified atom stereocenters. The van der Waals surface area contributed by atoms with E-state index in [0.29, 0.717) is 15.6 Å². The van der Waals surface area contributed by atoms with Crippen molar-refractivity contribution in [3.05, 3.63) is 73.8 Å². The van der Waals surface area contributed by atoms with Gasteiger partial charge in [0.05, 0.1) is 15.0 Å². The molecular weight excluding hydrogens is 327 g/mol. The van der Waals surface area contributed by atoms with Crippen molar-refractivity contribution in [1.82, 2.24) is 4.90 Å². The molecule has 0 saturated carbocycles. The van der Waals surface area contributed by atoms with E-state index in [9.17, 15) is 14.9 Å². The van der Waals surface area contributed by atoms with E-state index < -0.39 is 4.92 Å². The third-order valence-corrected chi connectivity index (χ3v) is 3.97. The van der Waals surface area contributed by atoms with Crippen LogP contribution >= 0.6 is 23.2 Å². The molecule has 0 aliphatic heterocycles. The van der Waals surface area contributed by atoms with Crippen LogP contribution in [-0.2, 0) is 6.54 Å². The third-order valence-electron chi connectivity index (χ3n) is 3.11. The molecule has 0 N–H and O–H groups in total. The number of halogens is 2. The lowest BCUT2D eigenvalue weighted by Gasteiger charge is -2.18. The maximum absolute atomic E-state index is 12.3. The number of nitro benzene ring substituents is 1. The fraction of sp³-hybridized carbons (Fsp3) is 0.133. The highest BCUT2D eigenvalue weighted by Crippen LogP contribution is 2.26. The van der Waals surface area contributed by atoms with Gasteiger partial charge in [-0.15, -0.1) is 0 Å². The molecule has 0 spiro atoms. The minimum absolute atomic E-state index is 0.0583. The minimum atomic E-state index is -0.510. The van der Waals surface area contributed by atoms with Crippen molar-refractivity contribution in [1.29, 1.82) is 0 Å². The molecule has 1 amide bonds. The predicted octanol–water partition coefficient (Wildman–Crippen LogP) is 4.17. The van der Waals surface area contributed by atoms with Gasteiger partial charge in [-0.05, 0) is 23.8 Å². The van der Waals surface area contributed by atoms with Crippen LogP contribution in [-0.4, -0.2) is 22.8 Å². The molecule has 2 aromatic carbocycles. The van der Waals surface area contributed by atoms with Gasteiger partial charge in [0.15, 0.2) is 0 Å². The number of nitrogens with zero attached hydrogens (tertiary/aromatic N) is 2. The second-order valence-corrected chi connectivity index (χ2v) is 5.46. The molecule has 0 heterocycles. The monoisotopic (exact) mass is 338 g/mol. The van der Waals surface area contributed by atoms with E-state index in [-0.39, 0.29) is 18.1 Å². The highest BCUT2D eigenvalue weighted by molar-refractivity contribution is 6.42. The van der Waals surface area contributed by atoms with Gasteiger partial charge in [0.2, 0.25) is 0 Å². The van der Waals surface area contributed by atoms with Crippen LogP contribution in [0.4, 0.5) is 5.69 Å². The number of non-ortho nitro benzene ring substituents is 1. The van der Waals surface area contributed by atoms with Crippen LogP contribution in [0, 0.1) is 10.1 Å². The number of carbonyl (C=O) groups excluding carboxylic acids is 1. The van der Waals surface area contributed by atoms with Crippen LogP contribution in [0.25, 0.3) is 0 Å². The summed E-state index contributed by atoms with van der Waals surface area (Å²) in [6, 6.07) is 10.7. The summed E-state index contributed by atoms with van der Waals surface area (Å²) in [7, 11) is 1.63. The zero-order valence-corrected chi connectivity index (χ0v) is 13.1. The molecule has 0 bridgehead atoms. The number of hydrogen-bond donors (Lipinski definition) is 0. The number of rotatable bonds is 4. The van der Waals surface area contributed by atoms with E-state index in [1.807, 2.05) is 0 Å². The van der Waals surface area contributed by atoms with E-state index >= 15 is 0 Å². The number of benzene rings is 2. The first-order valence-electron chi connectivity index (χ1n) is 6.33. The van der Waals surface area contributed by atoms with Gasteiger partial charge in [-0.25, -0.2) is 0 Å². The van der Waals surface area contributed by atoms with Crippen LogP contribution in [0.2, 0.25) is 10.0 Å². The molecule has 0 saturated heterocycles. The molecular formula is C15H12Cl2N2O3. The second kappa shape index (κ2) is 6.77. The van der Waals surface area contributed by atoms with Gasteiger partial charge in [0, 0.05) is 31.3 Å². The first-order valence-corrected chi connectivity index (χ1v) is 7.08. The first-order chi connectivity index (χ1) is 10.4. The van der Waals surface area contributed by atoms with E-state index in [1.165, 1.54) is 29.2 Å². The largest absolute Gasteiger partial charge is 0.337 e. The van der Waals surface area contributed by atoms with Crippen LogP contribution in [0.5, 0.6) is 0 Å². The molecule has 0 atom stereocenters. The summed E-state index contributed by atoms with van der Waals surface area (Å²) in [4.78, 5) is 23.9. The molecule has 0 aliphatic rings. The summed E-state index contributed by atoms with van der Waals surface area (Å²) in [6.45, 7) is 0.287. The van der Waals surface area contributed by atoms with Crippen LogP contribution in [0.15, 0.2) is 42.5 Å². The minimum Gasteiger partial charge on any atom is -0.337 e. The SMILES string of the molecule is CN(Cc1cccc(Cl)c1Cl)C(=O)c1ccc([N+](=O)[O-])cc1. The lowest BCUT2D eigenvalue weighted by molar-refractivity contribution is -0.384. The second-order valence-electron chi connectivity index (χ2n) is 4.68. The van der Waals surface area contributed by atoms with Gasteiger partial charge in [-0.3, -0.25) is 14.9 Å². The van der Waals surface area contributed by atoms with Crippen molar-refractivity contribution in [2.75, 3.05) is 7.05 Å². The number of nitro groups is 1. The van der Waals surface area contributed by atoms with Gasteiger partial charge in [-0.1, -0.05) is 35.3 Å². The summed E-state index contributed by atoms with van der Waals surface area (Å²) < 4.78 is 0. The molecule has 2 rings (SSSR count). The van der Waals surface area contributed by atoms with Crippen molar-refractivity contribution in [2.24, 2.45) is 0 Å². The Morgan fingerprint density at radius 3 is 2.41 bits per heavy atom. The summed E-state index contributed by atoms with van der Waals surface area (Å²) in [5, 5.41) is 11.4. The molecule has 0 fully saturated rings. The molecule has 22 heavy (non-hydrogen) atoms. The van der Waals surface area contributed by atoms with Gasteiger partial charge < -0.3 is 4.90 Å². The highest BCUT2D eigenvalue weighted by atomic mass is 35.5. The average molecular weight is 339 g/mol. The maximum atomic E-state index is 12.3. The van der Waals surface area contributed by atoms with E-state index in [1.54, 1.807) is 25.2 Å². The summed E-state index contributed by atoms with van der Waals surface area (Å²) in [6.07, 6.45) is 0. The third kappa shape index (κ3) is 3.55. The number of amides is 1. The Balaban J connectivity index is 2.15. The van der Waals surface area contributed by atoms with Crippen molar-refractivity contribution in [2.45, 2.75) is 6.54 Å². The van der Waals surface area contributed by atoms with Crippen molar-refractivity contribution in [3.8, 4) is 0 Å². The molecule has 5 nitrogen and oxygen atoms in total. The van der Waals surface area contributed by atoms with Crippen molar-refractivity contribution < 1.29 is 9.72 Å². The fourth-order valence-electron chi connectivity index (χ4n) is 1.94. The van der Waals surface area contributed by atoms with E-state index in [2.05, 4.69) is 0 Å². The lowest BCUT2D eigenvalue weighted by Crippen LogP contribution is -2.26. The Morgan fingerprint density at radius 1 is 1.18 bits per heavy atom. The zero-order chi connectivity index (χ0) is 16.3. The predicted molar refractivity (Wildman–Crippen MR) is 85.4 cm³/mol. The summed E-state index contributed by atoms with van der Waals surface area (Å²) in [5.41, 5.74) is 1.04. The summed E-state index contributed by atoms with van der Waals surface area (Å²) >= 11 is 12.0. The molecule has 0 aliphatic carbocycles. The molecule has 0 aromatic heterocycles. The Labute approximate surface area is 137 Å². The Morgan fingerprint density at radius 2 is 1.82 bits per heavy atom. The van der Waals surface area contributed by atoms with Gasteiger partial charge in [0.25, 0.3) is 11.6 Å².